The van der Waals surface area contributed by atoms with Crippen molar-refractivity contribution in [1.82, 2.24) is 4.31 Å². The van der Waals surface area contributed by atoms with Gasteiger partial charge in [0.05, 0.1) is 12.0 Å². The van der Waals surface area contributed by atoms with Gasteiger partial charge in [0.1, 0.15) is 5.75 Å². The molecule has 0 atom stereocenters. The van der Waals surface area contributed by atoms with Crippen LogP contribution in [0.2, 0.25) is 0 Å². The molecule has 1 aliphatic carbocycles. The summed E-state index contributed by atoms with van der Waals surface area (Å²) in [5.41, 5.74) is 0.957. The van der Waals surface area contributed by atoms with Gasteiger partial charge in [-0.15, -0.1) is 0 Å². The molecule has 6 heteroatoms. The molecular weight excluding hydrogens is 378 g/mol. The number of rotatable bonds is 6. The molecule has 122 valence electrons. The van der Waals surface area contributed by atoms with Crippen LogP contribution in [0.5, 0.6) is 5.75 Å². The van der Waals surface area contributed by atoms with E-state index in [1.807, 2.05) is 24.3 Å². The van der Waals surface area contributed by atoms with E-state index in [0.29, 0.717) is 11.4 Å². The summed E-state index contributed by atoms with van der Waals surface area (Å²) in [5, 5.41) is 0. The van der Waals surface area contributed by atoms with Gasteiger partial charge in [0, 0.05) is 17.1 Å². The Bertz CT molecular complexity index is 768. The molecule has 23 heavy (non-hydrogen) atoms. The summed E-state index contributed by atoms with van der Waals surface area (Å²) in [6, 6.07) is 14.4. The molecule has 4 nitrogen and oxygen atoms in total. The zero-order valence-corrected chi connectivity index (χ0v) is 15.2. The highest BCUT2D eigenvalue weighted by atomic mass is 79.9. The fourth-order valence-electron chi connectivity index (χ4n) is 2.43. The molecule has 1 fully saturated rings. The van der Waals surface area contributed by atoms with E-state index in [9.17, 15) is 8.42 Å². The average molecular weight is 396 g/mol. The number of sulfonamides is 1. The molecule has 0 saturated heterocycles. The van der Waals surface area contributed by atoms with Crippen LogP contribution in [0.15, 0.2) is 57.9 Å². The van der Waals surface area contributed by atoms with E-state index < -0.39 is 10.0 Å². The van der Waals surface area contributed by atoms with Crippen molar-refractivity contribution in [2.75, 3.05) is 7.11 Å². The van der Waals surface area contributed by atoms with Gasteiger partial charge in [0.15, 0.2) is 0 Å². The molecule has 0 bridgehead atoms. The summed E-state index contributed by atoms with van der Waals surface area (Å²) in [5.74, 6) is 0.766. The Labute approximate surface area is 145 Å². The van der Waals surface area contributed by atoms with Crippen LogP contribution in [-0.4, -0.2) is 25.9 Å². The van der Waals surface area contributed by atoms with E-state index in [2.05, 4.69) is 15.9 Å². The molecule has 3 rings (SSSR count). The lowest BCUT2D eigenvalue weighted by molar-refractivity contribution is 0.397. The Kier molecular flexibility index (Phi) is 4.75. The Morgan fingerprint density at radius 3 is 2.22 bits per heavy atom. The van der Waals surface area contributed by atoms with Gasteiger partial charge < -0.3 is 4.74 Å². The van der Waals surface area contributed by atoms with Gasteiger partial charge in [-0.3, -0.25) is 0 Å². The van der Waals surface area contributed by atoms with E-state index in [-0.39, 0.29) is 6.04 Å². The SMILES string of the molecule is COc1ccc(CN(C2CC2)S(=O)(=O)c2ccc(Br)cc2)cc1. The molecular formula is C17H18BrNO3S. The summed E-state index contributed by atoms with van der Waals surface area (Å²) in [4.78, 5) is 0.334. The predicted octanol–water partition coefficient (Wildman–Crippen LogP) is 3.81. The smallest absolute Gasteiger partial charge is 0.243 e. The van der Waals surface area contributed by atoms with Crippen LogP contribution in [-0.2, 0) is 16.6 Å². The monoisotopic (exact) mass is 395 g/mol. The molecule has 0 heterocycles. The zero-order chi connectivity index (χ0) is 16.4. The first-order valence-corrected chi connectivity index (χ1v) is 9.64. The molecule has 0 aromatic heterocycles. The highest BCUT2D eigenvalue weighted by Gasteiger charge is 2.38. The van der Waals surface area contributed by atoms with Crippen molar-refractivity contribution in [2.45, 2.75) is 30.3 Å². The number of nitrogens with zero attached hydrogens (tertiary/aromatic N) is 1. The van der Waals surface area contributed by atoms with E-state index in [1.165, 1.54) is 0 Å². The second-order valence-electron chi connectivity index (χ2n) is 5.58. The lowest BCUT2D eigenvalue weighted by Crippen LogP contribution is -2.32. The quantitative estimate of drug-likeness (QED) is 0.746. The fraction of sp³-hybridized carbons (Fsp3) is 0.294. The largest absolute Gasteiger partial charge is 0.497 e. The Balaban J connectivity index is 1.87. The van der Waals surface area contributed by atoms with Crippen molar-refractivity contribution in [1.29, 1.82) is 0 Å². The topological polar surface area (TPSA) is 46.6 Å². The van der Waals surface area contributed by atoms with E-state index in [4.69, 9.17) is 4.74 Å². The van der Waals surface area contributed by atoms with Crippen LogP contribution in [0.1, 0.15) is 18.4 Å². The fourth-order valence-corrected chi connectivity index (χ4v) is 4.36. The molecule has 0 spiro atoms. The van der Waals surface area contributed by atoms with Crippen LogP contribution >= 0.6 is 15.9 Å². The Morgan fingerprint density at radius 2 is 1.70 bits per heavy atom. The van der Waals surface area contributed by atoms with Gasteiger partial charge in [-0.25, -0.2) is 8.42 Å². The zero-order valence-electron chi connectivity index (χ0n) is 12.8. The molecule has 0 radical (unpaired) electrons. The Morgan fingerprint density at radius 1 is 1.09 bits per heavy atom. The van der Waals surface area contributed by atoms with Crippen molar-refractivity contribution in [2.24, 2.45) is 0 Å². The highest BCUT2D eigenvalue weighted by Crippen LogP contribution is 2.34. The van der Waals surface area contributed by atoms with Gasteiger partial charge in [-0.1, -0.05) is 28.1 Å². The van der Waals surface area contributed by atoms with Crippen LogP contribution in [0, 0.1) is 0 Å². The summed E-state index contributed by atoms with van der Waals surface area (Å²) in [6.07, 6.45) is 1.85. The van der Waals surface area contributed by atoms with Gasteiger partial charge in [0.2, 0.25) is 10.0 Å². The van der Waals surface area contributed by atoms with Crippen LogP contribution < -0.4 is 4.74 Å². The van der Waals surface area contributed by atoms with Crippen LogP contribution in [0.3, 0.4) is 0 Å². The number of hydrogen-bond acceptors (Lipinski definition) is 3. The minimum atomic E-state index is -3.49. The second kappa shape index (κ2) is 6.63. The van der Waals surface area contributed by atoms with E-state index in [1.54, 1.807) is 35.7 Å². The maximum atomic E-state index is 12.9. The van der Waals surface area contributed by atoms with Gasteiger partial charge in [0.25, 0.3) is 0 Å². The summed E-state index contributed by atoms with van der Waals surface area (Å²) in [7, 11) is -1.87. The summed E-state index contributed by atoms with van der Waals surface area (Å²) >= 11 is 3.34. The first kappa shape index (κ1) is 16.5. The number of benzene rings is 2. The minimum Gasteiger partial charge on any atom is -0.497 e. The number of halogens is 1. The van der Waals surface area contributed by atoms with E-state index >= 15 is 0 Å². The maximum absolute atomic E-state index is 12.9. The third-order valence-electron chi connectivity index (χ3n) is 3.87. The van der Waals surface area contributed by atoms with Crippen molar-refractivity contribution in [3.05, 3.63) is 58.6 Å². The third-order valence-corrected chi connectivity index (χ3v) is 6.31. The number of methoxy groups -OCH3 is 1. The molecule has 0 amide bonds. The second-order valence-corrected chi connectivity index (χ2v) is 8.39. The highest BCUT2D eigenvalue weighted by molar-refractivity contribution is 9.10. The molecule has 1 saturated carbocycles. The van der Waals surface area contributed by atoms with Crippen LogP contribution in [0.25, 0.3) is 0 Å². The van der Waals surface area contributed by atoms with Gasteiger partial charge in [-0.2, -0.15) is 4.31 Å². The summed E-state index contributed by atoms with van der Waals surface area (Å²) < 4.78 is 33.5. The van der Waals surface area contributed by atoms with Crippen molar-refractivity contribution < 1.29 is 13.2 Å². The minimum absolute atomic E-state index is 0.103. The molecule has 2 aromatic carbocycles. The van der Waals surface area contributed by atoms with Crippen molar-refractivity contribution in [3.63, 3.8) is 0 Å². The number of ether oxygens (including phenoxy) is 1. The average Bonchev–Trinajstić information content (AvgIpc) is 3.38. The third kappa shape index (κ3) is 3.76. The van der Waals surface area contributed by atoms with Gasteiger partial charge in [-0.05, 0) is 54.8 Å². The predicted molar refractivity (Wildman–Crippen MR) is 92.9 cm³/mol. The van der Waals surface area contributed by atoms with Gasteiger partial charge >= 0.3 is 0 Å². The molecule has 0 aliphatic heterocycles. The molecule has 0 N–H and O–H groups in total. The van der Waals surface area contributed by atoms with Crippen molar-refractivity contribution >= 4 is 26.0 Å². The molecule has 2 aromatic rings. The van der Waals surface area contributed by atoms with E-state index in [0.717, 1.165) is 28.6 Å². The first-order chi connectivity index (χ1) is 11.0. The lowest BCUT2D eigenvalue weighted by Gasteiger charge is -2.22. The Hall–Kier alpha value is -1.37. The molecule has 0 unspecified atom stereocenters. The first-order valence-electron chi connectivity index (χ1n) is 7.41. The normalized spacial score (nSPS) is 14.9. The van der Waals surface area contributed by atoms with Crippen LogP contribution in [0.4, 0.5) is 0 Å². The maximum Gasteiger partial charge on any atom is 0.243 e. The molecule has 1 aliphatic rings. The standard InChI is InChI=1S/C17H18BrNO3S/c1-22-16-8-2-13(3-9-16)12-19(15-6-7-15)23(20,21)17-10-4-14(18)5-11-17/h2-5,8-11,15H,6-7,12H2,1H3. The van der Waals surface area contributed by atoms with Crippen molar-refractivity contribution in [3.8, 4) is 5.75 Å². The summed E-state index contributed by atoms with van der Waals surface area (Å²) in [6.45, 7) is 0.382. The number of hydrogen-bond donors (Lipinski definition) is 0. The lowest BCUT2D eigenvalue weighted by atomic mass is 10.2.